The highest BCUT2D eigenvalue weighted by atomic mass is 16.6. The number of hydrogen-bond acceptors (Lipinski definition) is 3. The summed E-state index contributed by atoms with van der Waals surface area (Å²) in [4.78, 5) is 14.0. The third-order valence-electron chi connectivity index (χ3n) is 4.72. The maximum absolute atomic E-state index is 12.0. The number of amides is 1. The summed E-state index contributed by atoms with van der Waals surface area (Å²) in [5, 5.41) is 0. The van der Waals surface area contributed by atoms with Crippen LogP contribution < -0.4 is 5.73 Å². The first-order chi connectivity index (χ1) is 8.10. The molecule has 0 spiro atoms. The summed E-state index contributed by atoms with van der Waals surface area (Å²) >= 11 is 0. The third kappa shape index (κ3) is 2.03. The van der Waals surface area contributed by atoms with Crippen LogP contribution >= 0.6 is 0 Å². The van der Waals surface area contributed by atoms with E-state index < -0.39 is 0 Å². The molecule has 0 radical (unpaired) electrons. The van der Waals surface area contributed by atoms with Crippen molar-refractivity contribution in [2.45, 2.75) is 45.7 Å². The first-order valence-electron chi connectivity index (χ1n) is 6.75. The molecule has 2 aliphatic heterocycles. The molecule has 3 unspecified atom stereocenters. The fourth-order valence-corrected chi connectivity index (χ4v) is 3.55. The smallest absolute Gasteiger partial charge is 0.410 e. The zero-order valence-corrected chi connectivity index (χ0v) is 11.1. The van der Waals surface area contributed by atoms with Gasteiger partial charge in [-0.25, -0.2) is 4.79 Å². The fourth-order valence-electron chi connectivity index (χ4n) is 3.55. The van der Waals surface area contributed by atoms with Crippen LogP contribution in [0.15, 0.2) is 0 Å². The van der Waals surface area contributed by atoms with Crippen LogP contribution in [0, 0.1) is 17.8 Å². The van der Waals surface area contributed by atoms with Crippen molar-refractivity contribution in [1.82, 2.24) is 4.90 Å². The van der Waals surface area contributed by atoms with Gasteiger partial charge >= 0.3 is 6.09 Å². The van der Waals surface area contributed by atoms with Crippen molar-refractivity contribution in [3.8, 4) is 0 Å². The number of nitrogens with zero attached hydrogens (tertiary/aromatic N) is 1. The van der Waals surface area contributed by atoms with E-state index in [1.165, 1.54) is 0 Å². The molecule has 0 saturated carbocycles. The monoisotopic (exact) mass is 240 g/mol. The summed E-state index contributed by atoms with van der Waals surface area (Å²) in [5.74, 6) is 1.69. The van der Waals surface area contributed by atoms with Crippen LogP contribution in [0.1, 0.15) is 33.6 Å². The van der Waals surface area contributed by atoms with Gasteiger partial charge in [-0.1, -0.05) is 13.8 Å². The van der Waals surface area contributed by atoms with E-state index >= 15 is 0 Å². The largest absolute Gasteiger partial charge is 0.450 e. The quantitative estimate of drug-likeness (QED) is 0.801. The topological polar surface area (TPSA) is 55.6 Å². The SMILES string of the molecule is CCOC(=O)N1C2CC(CN)CC1[C@H](C)[C@@H]2C. The Morgan fingerprint density at radius 2 is 1.82 bits per heavy atom. The van der Waals surface area contributed by atoms with E-state index in [1.54, 1.807) is 0 Å². The molecule has 2 heterocycles. The van der Waals surface area contributed by atoms with Gasteiger partial charge in [-0.2, -0.15) is 0 Å². The van der Waals surface area contributed by atoms with Gasteiger partial charge in [0.05, 0.1) is 6.61 Å². The third-order valence-corrected chi connectivity index (χ3v) is 4.72. The van der Waals surface area contributed by atoms with Gasteiger partial charge in [0.25, 0.3) is 0 Å². The highest BCUT2D eigenvalue weighted by Crippen LogP contribution is 2.45. The van der Waals surface area contributed by atoms with Gasteiger partial charge < -0.3 is 15.4 Å². The van der Waals surface area contributed by atoms with Crippen LogP contribution in [0.3, 0.4) is 0 Å². The van der Waals surface area contributed by atoms with E-state index in [1.807, 2.05) is 11.8 Å². The Kier molecular flexibility index (Phi) is 3.61. The first kappa shape index (κ1) is 12.7. The molecular formula is C13H24N2O2. The second kappa shape index (κ2) is 4.84. The number of carbonyl (C=O) groups excluding carboxylic acids is 1. The molecule has 0 aliphatic carbocycles. The second-order valence-corrected chi connectivity index (χ2v) is 5.53. The maximum atomic E-state index is 12.0. The standard InChI is InChI=1S/C13H24N2O2/c1-4-17-13(16)15-11-5-10(7-14)6-12(15)9(3)8(11)2/h8-12H,4-7,14H2,1-3H3/t8-,9+,10?,11?,12?. The minimum absolute atomic E-state index is 0.130. The van der Waals surface area contributed by atoms with Crippen molar-refractivity contribution in [2.75, 3.05) is 13.2 Å². The van der Waals surface area contributed by atoms with Crippen LogP contribution in [-0.4, -0.2) is 36.2 Å². The number of carbonyl (C=O) groups is 1. The molecule has 1 amide bonds. The normalized spacial score (nSPS) is 40.5. The minimum atomic E-state index is -0.130. The van der Waals surface area contributed by atoms with E-state index in [4.69, 9.17) is 10.5 Å². The summed E-state index contributed by atoms with van der Waals surface area (Å²) in [6, 6.07) is 0.660. The zero-order chi connectivity index (χ0) is 12.6. The Morgan fingerprint density at radius 3 is 2.24 bits per heavy atom. The Hall–Kier alpha value is -0.770. The van der Waals surface area contributed by atoms with E-state index in [-0.39, 0.29) is 6.09 Å². The van der Waals surface area contributed by atoms with Crippen molar-refractivity contribution in [3.63, 3.8) is 0 Å². The van der Waals surface area contributed by atoms with Crippen molar-refractivity contribution in [1.29, 1.82) is 0 Å². The van der Waals surface area contributed by atoms with Crippen LogP contribution in [-0.2, 0) is 4.74 Å². The van der Waals surface area contributed by atoms with Gasteiger partial charge in [0, 0.05) is 12.1 Å². The van der Waals surface area contributed by atoms with Crippen LogP contribution in [0.2, 0.25) is 0 Å². The molecule has 2 bridgehead atoms. The lowest BCUT2D eigenvalue weighted by Gasteiger charge is -2.38. The molecule has 0 aromatic heterocycles. The number of rotatable bonds is 2. The Bertz CT molecular complexity index is 277. The van der Waals surface area contributed by atoms with E-state index in [2.05, 4.69) is 13.8 Å². The van der Waals surface area contributed by atoms with Crippen molar-refractivity contribution >= 4 is 6.09 Å². The average Bonchev–Trinajstić information content (AvgIpc) is 2.48. The van der Waals surface area contributed by atoms with Crippen LogP contribution in [0.4, 0.5) is 4.79 Å². The van der Waals surface area contributed by atoms with Gasteiger partial charge in [-0.05, 0) is 44.1 Å². The second-order valence-electron chi connectivity index (χ2n) is 5.53. The molecule has 2 N–H and O–H groups in total. The Labute approximate surface area is 103 Å². The molecule has 98 valence electrons. The Balaban J connectivity index is 2.17. The molecule has 5 atom stereocenters. The predicted molar refractivity (Wildman–Crippen MR) is 66.5 cm³/mol. The highest BCUT2D eigenvalue weighted by molar-refractivity contribution is 5.69. The van der Waals surface area contributed by atoms with Crippen molar-refractivity contribution in [3.05, 3.63) is 0 Å². The number of fused-ring (bicyclic) bond motifs is 2. The van der Waals surface area contributed by atoms with E-state index in [9.17, 15) is 4.79 Å². The summed E-state index contributed by atoms with van der Waals surface area (Å²) in [6.45, 7) is 7.56. The zero-order valence-electron chi connectivity index (χ0n) is 11.1. The van der Waals surface area contributed by atoms with Gasteiger partial charge in [-0.3, -0.25) is 0 Å². The number of ether oxygens (including phenoxy) is 1. The number of nitrogens with two attached hydrogens (primary N) is 1. The first-order valence-corrected chi connectivity index (χ1v) is 6.75. The summed E-state index contributed by atoms with van der Waals surface area (Å²) in [7, 11) is 0. The Morgan fingerprint density at radius 1 is 1.29 bits per heavy atom. The lowest BCUT2D eigenvalue weighted by atomic mass is 9.90. The molecule has 2 rings (SSSR count). The minimum Gasteiger partial charge on any atom is -0.450 e. The fraction of sp³-hybridized carbons (Fsp3) is 0.923. The van der Waals surface area contributed by atoms with Gasteiger partial charge in [0.1, 0.15) is 0 Å². The predicted octanol–water partition coefficient (Wildman–Crippen LogP) is 1.84. The van der Waals surface area contributed by atoms with Gasteiger partial charge in [0.2, 0.25) is 0 Å². The van der Waals surface area contributed by atoms with Crippen molar-refractivity contribution in [2.24, 2.45) is 23.5 Å². The molecule has 2 saturated heterocycles. The molecule has 17 heavy (non-hydrogen) atoms. The van der Waals surface area contributed by atoms with E-state index in [0.29, 0.717) is 36.4 Å². The summed E-state index contributed by atoms with van der Waals surface area (Å²) in [5.41, 5.74) is 5.79. The highest BCUT2D eigenvalue weighted by Gasteiger charge is 2.51. The van der Waals surface area contributed by atoms with Crippen molar-refractivity contribution < 1.29 is 9.53 Å². The molecular weight excluding hydrogens is 216 g/mol. The summed E-state index contributed by atoms with van der Waals surface area (Å²) in [6.07, 6.45) is 1.95. The molecule has 4 nitrogen and oxygen atoms in total. The van der Waals surface area contributed by atoms with Gasteiger partial charge in [-0.15, -0.1) is 0 Å². The van der Waals surface area contributed by atoms with Crippen LogP contribution in [0.5, 0.6) is 0 Å². The lowest BCUT2D eigenvalue weighted by Crippen LogP contribution is -2.49. The molecule has 0 aromatic rings. The van der Waals surface area contributed by atoms with Gasteiger partial charge in [0.15, 0.2) is 0 Å². The molecule has 2 aliphatic rings. The average molecular weight is 240 g/mol. The molecule has 4 heteroatoms. The summed E-state index contributed by atoms with van der Waals surface area (Å²) < 4.78 is 5.18. The number of piperidine rings is 1. The lowest BCUT2D eigenvalue weighted by molar-refractivity contribution is 0.0551. The molecule has 2 fully saturated rings. The number of hydrogen-bond donors (Lipinski definition) is 1. The maximum Gasteiger partial charge on any atom is 0.410 e. The van der Waals surface area contributed by atoms with Crippen LogP contribution in [0.25, 0.3) is 0 Å². The molecule has 0 aromatic carbocycles. The van der Waals surface area contributed by atoms with E-state index in [0.717, 1.165) is 19.4 Å².